The van der Waals surface area contributed by atoms with Crippen LogP contribution in [0.2, 0.25) is 0 Å². The lowest BCUT2D eigenvalue weighted by atomic mass is 9.85. The molecule has 12 heteroatoms. The van der Waals surface area contributed by atoms with Gasteiger partial charge in [0, 0.05) is 43.6 Å². The fraction of sp³-hybridized carbons (Fsp3) is 0.464. The number of hydrogen-bond donors (Lipinski definition) is 0. The van der Waals surface area contributed by atoms with E-state index in [1.54, 1.807) is 12.1 Å². The highest BCUT2D eigenvalue weighted by Crippen LogP contribution is 2.36. The lowest BCUT2D eigenvalue weighted by Crippen LogP contribution is -2.33. The number of benzene rings is 2. The van der Waals surface area contributed by atoms with Gasteiger partial charge in [0.25, 0.3) is 0 Å². The fourth-order valence-electron chi connectivity index (χ4n) is 4.93. The minimum Gasteiger partial charge on any atom is -0.380 e. The van der Waals surface area contributed by atoms with Crippen LogP contribution in [0.5, 0.6) is 0 Å². The smallest absolute Gasteiger partial charge is 0.380 e. The summed E-state index contributed by atoms with van der Waals surface area (Å²) < 4.78 is 92.9. The zero-order chi connectivity index (χ0) is 29.7. The summed E-state index contributed by atoms with van der Waals surface area (Å²) in [6.45, 7) is 3.57. The quantitative estimate of drug-likeness (QED) is 0.266. The van der Waals surface area contributed by atoms with E-state index in [0.29, 0.717) is 37.0 Å². The Morgan fingerprint density at radius 2 is 1.62 bits per heavy atom. The van der Waals surface area contributed by atoms with Crippen molar-refractivity contribution in [3.05, 3.63) is 86.7 Å². The summed E-state index contributed by atoms with van der Waals surface area (Å²) in [6, 6.07) is 5.96. The van der Waals surface area contributed by atoms with Crippen molar-refractivity contribution in [1.29, 1.82) is 0 Å². The molecule has 2 unspecified atom stereocenters. The minimum atomic E-state index is -4.90. The number of carbonyl (C=O) groups is 1. The molecule has 0 N–H and O–H groups in total. The average Bonchev–Trinajstić information content (AvgIpc) is 3.30. The van der Waals surface area contributed by atoms with Gasteiger partial charge in [-0.2, -0.15) is 31.2 Å². The lowest BCUT2D eigenvalue weighted by molar-refractivity contribution is -0.143. The maximum absolute atomic E-state index is 13.3. The minimum absolute atomic E-state index is 0.00565. The first kappa shape index (κ1) is 31.3. The van der Waals surface area contributed by atoms with Crippen LogP contribution in [-0.2, 0) is 28.4 Å². The molecule has 2 aliphatic rings. The molecule has 4 rings (SSSR count). The van der Waals surface area contributed by atoms with E-state index in [4.69, 9.17) is 4.74 Å². The third kappa shape index (κ3) is 8.61. The van der Waals surface area contributed by atoms with Gasteiger partial charge in [0.1, 0.15) is 12.4 Å². The van der Waals surface area contributed by atoms with Crippen LogP contribution in [0.4, 0.5) is 30.7 Å². The number of ether oxygens (including phenoxy) is 1. The van der Waals surface area contributed by atoms with Gasteiger partial charge in [-0.1, -0.05) is 11.2 Å². The van der Waals surface area contributed by atoms with E-state index in [2.05, 4.69) is 17.1 Å². The summed E-state index contributed by atoms with van der Waals surface area (Å²) in [5.74, 6) is 0.797. The highest BCUT2D eigenvalue weighted by molar-refractivity contribution is 5.92. The summed E-state index contributed by atoms with van der Waals surface area (Å²) in [5, 5.41) is 2.27. The fourth-order valence-corrected chi connectivity index (χ4v) is 4.93. The molecule has 2 aromatic carbocycles. The van der Waals surface area contributed by atoms with Crippen molar-refractivity contribution in [2.24, 2.45) is 11.1 Å². The standard InChI is InChI=1S/C19H24FNO2.C9H5F6NO/c1-13-7-16(20)3-6-19(13)15-8-14(11-23-12-15)10-21(2)17-4-5-18(22)9-17;10-8(11,12)6-1-5(4-16-17)2-7(3-6)9(13,14)15/h3,6-7,9,14-15H,4-5,8,10-12H2,1-2H3;1-3H,4H2. The molecule has 0 radical (unpaired) electrons. The molecule has 0 amide bonds. The number of aryl methyl sites for hydroxylation is 1. The van der Waals surface area contributed by atoms with Gasteiger partial charge in [-0.15, -0.1) is 0 Å². The van der Waals surface area contributed by atoms with Gasteiger partial charge in [0.2, 0.25) is 0 Å². The normalized spacial score (nSPS) is 19.5. The molecule has 2 atom stereocenters. The second-order valence-electron chi connectivity index (χ2n) is 10.0. The zero-order valence-electron chi connectivity index (χ0n) is 21.9. The summed E-state index contributed by atoms with van der Waals surface area (Å²) in [4.78, 5) is 23.5. The van der Waals surface area contributed by atoms with Gasteiger partial charge in [-0.05, 0) is 66.8 Å². The Hall–Kier alpha value is -3.28. The summed E-state index contributed by atoms with van der Waals surface area (Å²) in [7, 11) is 2.05. The van der Waals surface area contributed by atoms with Gasteiger partial charge in [0.05, 0.1) is 24.3 Å². The van der Waals surface area contributed by atoms with Crippen molar-refractivity contribution >= 4 is 5.78 Å². The molecule has 0 saturated carbocycles. The Kier molecular flexibility index (Phi) is 10.1. The van der Waals surface area contributed by atoms with Crippen molar-refractivity contribution in [1.82, 2.24) is 4.90 Å². The molecule has 40 heavy (non-hydrogen) atoms. The molecule has 1 fully saturated rings. The van der Waals surface area contributed by atoms with Crippen LogP contribution in [0, 0.1) is 23.6 Å². The van der Waals surface area contributed by atoms with E-state index >= 15 is 0 Å². The number of alkyl halides is 6. The van der Waals surface area contributed by atoms with Gasteiger partial charge >= 0.3 is 12.4 Å². The monoisotopic (exact) mass is 574 g/mol. The van der Waals surface area contributed by atoms with E-state index in [-0.39, 0.29) is 17.7 Å². The van der Waals surface area contributed by atoms with Crippen molar-refractivity contribution < 1.29 is 40.3 Å². The van der Waals surface area contributed by atoms with E-state index < -0.39 is 35.6 Å². The largest absolute Gasteiger partial charge is 0.416 e. The predicted octanol–water partition coefficient (Wildman–Crippen LogP) is 7.42. The van der Waals surface area contributed by atoms with Crippen LogP contribution < -0.4 is 0 Å². The number of rotatable bonds is 6. The number of nitrogens with zero attached hydrogens (tertiary/aromatic N) is 2. The predicted molar refractivity (Wildman–Crippen MR) is 134 cm³/mol. The average molecular weight is 575 g/mol. The van der Waals surface area contributed by atoms with Crippen molar-refractivity contribution in [2.45, 2.75) is 51.0 Å². The highest BCUT2D eigenvalue weighted by Gasteiger charge is 2.37. The maximum atomic E-state index is 13.3. The highest BCUT2D eigenvalue weighted by atomic mass is 19.4. The zero-order valence-corrected chi connectivity index (χ0v) is 21.9. The van der Waals surface area contributed by atoms with Gasteiger partial charge < -0.3 is 9.64 Å². The summed E-state index contributed by atoms with van der Waals surface area (Å²) in [6.07, 6.45) is -5.51. The Labute approximate surface area is 227 Å². The van der Waals surface area contributed by atoms with Crippen LogP contribution >= 0.6 is 0 Å². The SMILES string of the molecule is Cc1cc(F)ccc1C1COCC(CN(C)C2=CC(=O)CC2)C1.O=NCc1cc(C(F)(F)F)cc(C(F)(F)F)c1. The summed E-state index contributed by atoms with van der Waals surface area (Å²) >= 11 is 0. The van der Waals surface area contributed by atoms with E-state index in [0.717, 1.165) is 37.3 Å². The van der Waals surface area contributed by atoms with Crippen molar-refractivity contribution in [2.75, 3.05) is 26.8 Å². The molecule has 5 nitrogen and oxygen atoms in total. The molecule has 1 aliphatic heterocycles. The summed E-state index contributed by atoms with van der Waals surface area (Å²) in [5.41, 5.74) is -0.0140. The van der Waals surface area contributed by atoms with Gasteiger partial charge in [-0.3, -0.25) is 4.79 Å². The molecule has 2 aromatic rings. The molecule has 0 spiro atoms. The van der Waals surface area contributed by atoms with Gasteiger partial charge in [-0.25, -0.2) is 4.39 Å². The third-order valence-electron chi connectivity index (χ3n) is 6.83. The second-order valence-corrected chi connectivity index (χ2v) is 10.0. The molecule has 1 heterocycles. The second kappa shape index (κ2) is 12.9. The van der Waals surface area contributed by atoms with Crippen LogP contribution in [0.25, 0.3) is 0 Å². The lowest BCUT2D eigenvalue weighted by Gasteiger charge is -2.33. The first-order chi connectivity index (χ1) is 18.7. The number of nitroso groups, excluding NO2 is 1. The van der Waals surface area contributed by atoms with E-state index in [9.17, 15) is 40.4 Å². The molecule has 0 bridgehead atoms. The number of carbonyl (C=O) groups excluding carboxylic acids is 1. The Bertz CT molecular complexity index is 1210. The van der Waals surface area contributed by atoms with Crippen LogP contribution in [-0.4, -0.2) is 37.5 Å². The molecule has 218 valence electrons. The molecule has 1 aliphatic carbocycles. The Morgan fingerprint density at radius 1 is 0.975 bits per heavy atom. The molecule has 1 saturated heterocycles. The Balaban J connectivity index is 0.000000232. The molecular formula is C28H29F7N2O3. The first-order valence-electron chi connectivity index (χ1n) is 12.5. The molecular weight excluding hydrogens is 545 g/mol. The maximum Gasteiger partial charge on any atom is 0.416 e. The van der Waals surface area contributed by atoms with Crippen LogP contribution in [0.3, 0.4) is 0 Å². The third-order valence-corrected chi connectivity index (χ3v) is 6.83. The number of allylic oxidation sites excluding steroid dienone is 2. The molecule has 0 aromatic heterocycles. The van der Waals surface area contributed by atoms with Gasteiger partial charge in [0.15, 0.2) is 5.78 Å². The van der Waals surface area contributed by atoms with E-state index in [1.807, 2.05) is 13.0 Å². The van der Waals surface area contributed by atoms with Crippen molar-refractivity contribution in [3.8, 4) is 0 Å². The number of hydrogen-bond acceptors (Lipinski definition) is 5. The topological polar surface area (TPSA) is 59.0 Å². The number of halogens is 7. The Morgan fingerprint density at radius 3 is 2.15 bits per heavy atom. The van der Waals surface area contributed by atoms with Crippen molar-refractivity contribution in [3.63, 3.8) is 0 Å². The number of ketones is 1. The van der Waals surface area contributed by atoms with Crippen LogP contribution in [0.1, 0.15) is 53.0 Å². The van der Waals surface area contributed by atoms with E-state index in [1.165, 1.54) is 11.6 Å². The van der Waals surface area contributed by atoms with Crippen LogP contribution in [0.15, 0.2) is 53.3 Å². The first-order valence-corrected chi connectivity index (χ1v) is 12.5.